The smallest absolute Gasteiger partial charge is 0.157 e. The molecule has 0 atom stereocenters. The second-order valence-corrected chi connectivity index (χ2v) is 7.04. The minimum atomic E-state index is 0.698. The summed E-state index contributed by atoms with van der Waals surface area (Å²) in [7, 11) is 0. The Labute approximate surface area is 162 Å². The molecule has 2 aromatic carbocycles. The van der Waals surface area contributed by atoms with Gasteiger partial charge in [-0.25, -0.2) is 4.98 Å². The van der Waals surface area contributed by atoms with Crippen LogP contribution in [0.4, 0.5) is 5.82 Å². The van der Waals surface area contributed by atoms with Gasteiger partial charge in [0.1, 0.15) is 11.9 Å². The van der Waals surface area contributed by atoms with Gasteiger partial charge >= 0.3 is 0 Å². The van der Waals surface area contributed by atoms with Crippen LogP contribution in [0, 0.1) is 11.3 Å². The third-order valence-corrected chi connectivity index (χ3v) is 5.36. The van der Waals surface area contributed by atoms with Crippen molar-refractivity contribution in [1.29, 1.82) is 5.26 Å². The molecule has 1 aliphatic carbocycles. The van der Waals surface area contributed by atoms with Gasteiger partial charge in [0.05, 0.1) is 22.8 Å². The summed E-state index contributed by atoms with van der Waals surface area (Å²) in [4.78, 5) is 4.77. The van der Waals surface area contributed by atoms with Crippen molar-refractivity contribution in [1.82, 2.24) is 9.38 Å². The highest BCUT2D eigenvalue weighted by Crippen LogP contribution is 2.35. The van der Waals surface area contributed by atoms with Crippen LogP contribution in [0.15, 0.2) is 59.7 Å². The molecular formula is C23H19N5. The number of hydrazone groups is 1. The van der Waals surface area contributed by atoms with Crippen LogP contribution in [-0.2, 0) is 12.8 Å². The Balaban J connectivity index is 1.74. The van der Waals surface area contributed by atoms with Crippen molar-refractivity contribution in [2.75, 3.05) is 5.43 Å². The molecule has 1 N–H and O–H groups in total. The largest absolute Gasteiger partial charge is 0.276 e. The van der Waals surface area contributed by atoms with Gasteiger partial charge in [-0.1, -0.05) is 42.5 Å². The lowest BCUT2D eigenvalue weighted by Crippen LogP contribution is -2.13. The first-order chi connectivity index (χ1) is 13.9. The number of nitrogens with zero attached hydrogens (tertiary/aromatic N) is 4. The maximum Gasteiger partial charge on any atom is 0.157 e. The number of hydrogen-bond acceptors (Lipinski definition) is 4. The molecule has 0 fully saturated rings. The van der Waals surface area contributed by atoms with Crippen LogP contribution < -0.4 is 5.43 Å². The number of hydrogen-bond donors (Lipinski definition) is 1. The fourth-order valence-electron chi connectivity index (χ4n) is 4.07. The highest BCUT2D eigenvalue weighted by atomic mass is 15.3. The summed E-state index contributed by atoms with van der Waals surface area (Å²) in [6.45, 7) is 0. The number of nitrogens with one attached hydrogen (secondary N) is 1. The lowest BCUT2D eigenvalue weighted by molar-refractivity contribution is 0.681. The number of benzene rings is 2. The van der Waals surface area contributed by atoms with E-state index in [2.05, 4.69) is 21.0 Å². The zero-order valence-corrected chi connectivity index (χ0v) is 15.4. The number of fused-ring (bicyclic) bond motifs is 4. The SMILES string of the molecule is N#Cc1c2c(c(N/N=C\c3ccccc3)n3c1nc1ccccc13)CCCC2. The first kappa shape index (κ1) is 16.5. The minimum Gasteiger partial charge on any atom is -0.276 e. The average molecular weight is 365 g/mol. The number of para-hydroxylation sites is 2. The van der Waals surface area contributed by atoms with Gasteiger partial charge < -0.3 is 0 Å². The van der Waals surface area contributed by atoms with Gasteiger partial charge in [-0.3, -0.25) is 9.83 Å². The topological polar surface area (TPSA) is 65.5 Å². The molecular weight excluding hydrogens is 346 g/mol. The van der Waals surface area contributed by atoms with Crippen molar-refractivity contribution in [3.63, 3.8) is 0 Å². The monoisotopic (exact) mass is 365 g/mol. The van der Waals surface area contributed by atoms with Crippen molar-refractivity contribution in [2.24, 2.45) is 5.10 Å². The summed E-state index contributed by atoms with van der Waals surface area (Å²) < 4.78 is 2.06. The molecule has 4 aromatic rings. The van der Waals surface area contributed by atoms with Crippen LogP contribution in [0.1, 0.15) is 35.1 Å². The molecule has 2 heterocycles. The Kier molecular flexibility index (Phi) is 4.02. The van der Waals surface area contributed by atoms with E-state index in [4.69, 9.17) is 4.98 Å². The summed E-state index contributed by atoms with van der Waals surface area (Å²) >= 11 is 0. The highest BCUT2D eigenvalue weighted by molar-refractivity contribution is 5.87. The second-order valence-electron chi connectivity index (χ2n) is 7.04. The normalized spacial score (nSPS) is 13.7. The van der Waals surface area contributed by atoms with E-state index >= 15 is 0 Å². The van der Waals surface area contributed by atoms with E-state index < -0.39 is 0 Å². The quantitative estimate of drug-likeness (QED) is 0.423. The standard InChI is InChI=1S/C23H19N5/c24-14-19-17-10-4-5-11-18(17)23(27-25-15-16-8-2-1-3-9-16)28-21-13-7-6-12-20(21)26-22(19)28/h1-3,6-9,12-13,15,27H,4-5,10-11H2/b25-15-. The van der Waals surface area contributed by atoms with Crippen molar-refractivity contribution in [3.8, 4) is 6.07 Å². The molecule has 0 saturated heterocycles. The predicted octanol–water partition coefficient (Wildman–Crippen LogP) is 4.68. The Morgan fingerprint density at radius 3 is 2.57 bits per heavy atom. The van der Waals surface area contributed by atoms with Crippen molar-refractivity contribution in [2.45, 2.75) is 25.7 Å². The van der Waals surface area contributed by atoms with Crippen molar-refractivity contribution >= 4 is 28.7 Å². The van der Waals surface area contributed by atoms with Gasteiger partial charge in [0.25, 0.3) is 0 Å². The van der Waals surface area contributed by atoms with E-state index in [1.807, 2.05) is 60.8 Å². The van der Waals surface area contributed by atoms with E-state index in [0.717, 1.165) is 53.7 Å². The second kappa shape index (κ2) is 6.82. The molecule has 5 nitrogen and oxygen atoms in total. The average Bonchev–Trinajstić information content (AvgIpc) is 3.13. The predicted molar refractivity (Wildman–Crippen MR) is 112 cm³/mol. The van der Waals surface area contributed by atoms with E-state index in [9.17, 15) is 5.26 Å². The number of nitriles is 1. The van der Waals surface area contributed by atoms with Crippen molar-refractivity contribution < 1.29 is 0 Å². The summed E-state index contributed by atoms with van der Waals surface area (Å²) in [5.41, 5.74) is 9.89. The summed E-state index contributed by atoms with van der Waals surface area (Å²) in [6, 6.07) is 20.4. The summed E-state index contributed by atoms with van der Waals surface area (Å²) in [5.74, 6) is 0.921. The van der Waals surface area contributed by atoms with Gasteiger partial charge in [-0.05, 0) is 54.5 Å². The van der Waals surface area contributed by atoms with Crippen molar-refractivity contribution in [3.05, 3.63) is 76.9 Å². The molecule has 0 amide bonds. The first-order valence-electron chi connectivity index (χ1n) is 9.56. The maximum atomic E-state index is 9.88. The molecule has 2 aromatic heterocycles. The highest BCUT2D eigenvalue weighted by Gasteiger charge is 2.24. The van der Waals surface area contributed by atoms with Gasteiger partial charge in [0.15, 0.2) is 5.65 Å². The third kappa shape index (κ3) is 2.62. The van der Waals surface area contributed by atoms with Gasteiger partial charge in [-0.15, -0.1) is 0 Å². The van der Waals surface area contributed by atoms with Crippen LogP contribution in [-0.4, -0.2) is 15.6 Å². The van der Waals surface area contributed by atoms with Gasteiger partial charge in [0.2, 0.25) is 0 Å². The molecule has 0 bridgehead atoms. The zero-order chi connectivity index (χ0) is 18.9. The Morgan fingerprint density at radius 2 is 1.75 bits per heavy atom. The number of anilines is 1. The maximum absolute atomic E-state index is 9.88. The fraction of sp³-hybridized carbons (Fsp3) is 0.174. The molecule has 0 unspecified atom stereocenters. The lowest BCUT2D eigenvalue weighted by atomic mass is 9.89. The first-order valence-corrected chi connectivity index (χ1v) is 9.56. The van der Waals surface area contributed by atoms with Crippen LogP contribution in [0.2, 0.25) is 0 Å². The number of imidazole rings is 1. The molecule has 0 aliphatic heterocycles. The number of aromatic nitrogens is 2. The molecule has 136 valence electrons. The zero-order valence-electron chi connectivity index (χ0n) is 15.4. The number of pyridine rings is 1. The summed E-state index contributed by atoms with van der Waals surface area (Å²) in [6.07, 6.45) is 5.89. The van der Waals surface area contributed by atoms with Crippen LogP contribution in [0.25, 0.3) is 16.7 Å². The van der Waals surface area contributed by atoms with E-state index in [1.165, 1.54) is 5.56 Å². The molecule has 0 saturated carbocycles. The van der Waals surface area contributed by atoms with Crippen LogP contribution in [0.3, 0.4) is 0 Å². The molecule has 5 heteroatoms. The van der Waals surface area contributed by atoms with E-state index in [-0.39, 0.29) is 0 Å². The van der Waals surface area contributed by atoms with Crippen LogP contribution in [0.5, 0.6) is 0 Å². The molecule has 0 spiro atoms. The molecule has 28 heavy (non-hydrogen) atoms. The summed E-state index contributed by atoms with van der Waals surface area (Å²) in [5, 5.41) is 14.4. The Morgan fingerprint density at radius 1 is 1.00 bits per heavy atom. The number of rotatable bonds is 3. The Bertz CT molecular complexity index is 1250. The molecule has 0 radical (unpaired) electrons. The third-order valence-electron chi connectivity index (χ3n) is 5.36. The fourth-order valence-corrected chi connectivity index (χ4v) is 4.07. The minimum absolute atomic E-state index is 0.698. The van der Waals surface area contributed by atoms with Gasteiger partial charge in [0, 0.05) is 0 Å². The van der Waals surface area contributed by atoms with Crippen LogP contribution >= 0.6 is 0 Å². The van der Waals surface area contributed by atoms with E-state index in [0.29, 0.717) is 11.2 Å². The molecule has 1 aliphatic rings. The van der Waals surface area contributed by atoms with E-state index in [1.54, 1.807) is 0 Å². The van der Waals surface area contributed by atoms with Gasteiger partial charge in [-0.2, -0.15) is 10.4 Å². The lowest BCUT2D eigenvalue weighted by Gasteiger charge is -2.22. The Hall–Kier alpha value is -3.65. The molecule has 5 rings (SSSR count).